The molecule has 3 aliphatic rings. The number of aliphatic hydroxyl groups excluding tert-OH is 1. The van der Waals surface area contributed by atoms with Crippen molar-refractivity contribution in [2.45, 2.75) is 70.1 Å². The van der Waals surface area contributed by atoms with E-state index in [-0.39, 0.29) is 29.5 Å². The molecule has 2 fully saturated rings. The lowest BCUT2D eigenvalue weighted by atomic mass is 9.95. The van der Waals surface area contributed by atoms with Crippen LogP contribution in [-0.2, 0) is 24.8 Å². The van der Waals surface area contributed by atoms with Crippen LogP contribution in [-0.4, -0.2) is 74.3 Å². The van der Waals surface area contributed by atoms with Crippen LogP contribution in [0.25, 0.3) is 22.4 Å². The van der Waals surface area contributed by atoms with Crippen molar-refractivity contribution in [2.75, 3.05) is 32.1 Å². The van der Waals surface area contributed by atoms with Crippen LogP contribution in [0.4, 0.5) is 5.69 Å². The Morgan fingerprint density at radius 2 is 1.88 bits per heavy atom. The summed E-state index contributed by atoms with van der Waals surface area (Å²) in [5, 5.41) is 16.4. The van der Waals surface area contributed by atoms with Crippen molar-refractivity contribution in [2.24, 2.45) is 7.05 Å². The molecule has 52 heavy (non-hydrogen) atoms. The summed E-state index contributed by atoms with van der Waals surface area (Å²) >= 11 is 7.17. The lowest BCUT2D eigenvalue weighted by Crippen LogP contribution is -2.44. The zero-order chi connectivity index (χ0) is 36.9. The molecule has 2 aromatic heterocycles. The molecule has 3 N–H and O–H groups in total. The van der Waals surface area contributed by atoms with Gasteiger partial charge < -0.3 is 25.4 Å². The smallest absolute Gasteiger partial charge is 0.330 e. The normalized spacial score (nSPS) is 20.3. The van der Waals surface area contributed by atoms with Crippen molar-refractivity contribution in [3.05, 3.63) is 96.8 Å². The summed E-state index contributed by atoms with van der Waals surface area (Å²) in [6.45, 7) is 6.04. The van der Waals surface area contributed by atoms with E-state index in [0.717, 1.165) is 82.3 Å². The first-order valence-corrected chi connectivity index (χ1v) is 18.1. The number of amides is 2. The molecular formula is C39H43ClN6O6. The van der Waals surface area contributed by atoms with Gasteiger partial charge in [0.2, 0.25) is 11.8 Å². The zero-order valence-corrected chi connectivity index (χ0v) is 30.5. The molecule has 2 amide bonds. The van der Waals surface area contributed by atoms with Gasteiger partial charge in [-0.15, -0.1) is 0 Å². The Kier molecular flexibility index (Phi) is 9.58. The summed E-state index contributed by atoms with van der Waals surface area (Å²) in [6.07, 6.45) is 4.72. The summed E-state index contributed by atoms with van der Waals surface area (Å²) in [7, 11) is 2.95. The van der Waals surface area contributed by atoms with Gasteiger partial charge in [-0.05, 0) is 68.4 Å². The molecule has 13 heteroatoms. The minimum atomic E-state index is -0.854. The molecule has 7 rings (SSSR count). The fourth-order valence-corrected chi connectivity index (χ4v) is 8.49. The molecule has 12 nitrogen and oxygen atoms in total. The number of ether oxygens (including phenoxy) is 1. The van der Waals surface area contributed by atoms with E-state index >= 15 is 0 Å². The number of aromatic nitrogens is 3. The van der Waals surface area contributed by atoms with Crippen molar-refractivity contribution in [3.63, 3.8) is 0 Å². The number of aliphatic hydroxyl groups is 1. The molecule has 2 aromatic carbocycles. The monoisotopic (exact) mass is 726 g/mol. The van der Waals surface area contributed by atoms with Crippen LogP contribution >= 0.6 is 11.6 Å². The molecule has 0 saturated carbocycles. The maximum Gasteiger partial charge on any atom is 0.330 e. The highest BCUT2D eigenvalue weighted by Gasteiger charge is 2.44. The first-order valence-electron chi connectivity index (χ1n) is 17.7. The maximum atomic E-state index is 13.4. The van der Waals surface area contributed by atoms with Crippen LogP contribution in [0.2, 0.25) is 5.02 Å². The number of nitrogens with one attached hydrogen (secondary N) is 2. The van der Waals surface area contributed by atoms with Crippen molar-refractivity contribution in [1.82, 2.24) is 24.3 Å². The third-order valence-electron chi connectivity index (χ3n) is 10.8. The van der Waals surface area contributed by atoms with E-state index in [9.17, 15) is 24.3 Å². The number of likely N-dealkylation sites (tertiary alicyclic amines) is 1. The molecule has 4 aromatic rings. The Bertz CT molecular complexity index is 2210. The summed E-state index contributed by atoms with van der Waals surface area (Å²) < 4.78 is 7.91. The number of hydrogen-bond donors (Lipinski definition) is 3. The van der Waals surface area contributed by atoms with Crippen molar-refractivity contribution >= 4 is 29.1 Å². The Balaban J connectivity index is 1.15. The third kappa shape index (κ3) is 6.55. The van der Waals surface area contributed by atoms with Gasteiger partial charge in [-0.2, -0.15) is 0 Å². The fourth-order valence-electron chi connectivity index (χ4n) is 8.17. The number of halogens is 1. The van der Waals surface area contributed by atoms with Gasteiger partial charge in [0, 0.05) is 67.6 Å². The van der Waals surface area contributed by atoms with Crippen LogP contribution in [0, 0.1) is 6.92 Å². The van der Waals surface area contributed by atoms with Gasteiger partial charge in [-0.3, -0.25) is 23.5 Å². The van der Waals surface area contributed by atoms with E-state index in [2.05, 4.69) is 21.6 Å². The van der Waals surface area contributed by atoms with E-state index < -0.39 is 23.3 Å². The number of methoxy groups -OCH3 is 1. The zero-order valence-electron chi connectivity index (χ0n) is 29.8. The van der Waals surface area contributed by atoms with Crippen LogP contribution in [0.3, 0.4) is 0 Å². The maximum absolute atomic E-state index is 13.4. The molecule has 0 unspecified atom stereocenters. The molecule has 3 atom stereocenters. The molecule has 1 spiro atoms. The average molecular weight is 727 g/mol. The predicted octanol–water partition coefficient (Wildman–Crippen LogP) is 4.26. The van der Waals surface area contributed by atoms with E-state index in [1.165, 1.54) is 25.7 Å². The van der Waals surface area contributed by atoms with Crippen LogP contribution in [0.15, 0.2) is 58.3 Å². The van der Waals surface area contributed by atoms with Gasteiger partial charge >= 0.3 is 5.69 Å². The molecule has 2 aliphatic heterocycles. The standard InChI is InChI=1S/C39H43ClN6O6/c1-22(47)18-46-20-29(37(50)44(3)38(46)51)35(49)41-30-10-6-7-26(23(30)2)27-8-5-9-28(34(27)40)31-17-24-11-12-25(33(24)36(42-31)52-4)19-45-16-15-39(21-45)14-13-32(48)43-39/h5-10,17,20,22,25,47H,11-16,18-19,21H2,1-4H3,(H,41,49)(H,43,48)/t22-,25+,39+/m0/s1. The van der Waals surface area contributed by atoms with Crippen LogP contribution in [0.1, 0.15) is 65.6 Å². The Morgan fingerprint density at radius 3 is 2.62 bits per heavy atom. The summed E-state index contributed by atoms with van der Waals surface area (Å²) in [5.74, 6) is 0.361. The lowest BCUT2D eigenvalue weighted by molar-refractivity contribution is -0.119. The minimum absolute atomic E-state index is 0.0662. The second-order valence-corrected chi connectivity index (χ2v) is 14.8. The number of fused-ring (bicyclic) bond motifs is 1. The molecular weight excluding hydrogens is 684 g/mol. The SMILES string of the molecule is COc1nc(-c2cccc(-c3cccc(NC(=O)c4cn(C[C@H](C)O)c(=O)n(C)c4=O)c3C)c2Cl)cc2c1[C@@H](CN1CC[C@]3(CCC(=O)N3)C1)CC2. The van der Waals surface area contributed by atoms with Crippen LogP contribution < -0.4 is 26.6 Å². The summed E-state index contributed by atoms with van der Waals surface area (Å²) in [4.78, 5) is 58.3. The van der Waals surface area contributed by atoms with Gasteiger partial charge in [0.1, 0.15) is 5.56 Å². The number of benzene rings is 2. The number of nitrogens with zero attached hydrogens (tertiary/aromatic N) is 4. The second kappa shape index (κ2) is 14.0. The third-order valence-corrected chi connectivity index (χ3v) is 11.2. The minimum Gasteiger partial charge on any atom is -0.481 e. The van der Waals surface area contributed by atoms with Crippen molar-refractivity contribution < 1.29 is 19.4 Å². The Morgan fingerprint density at radius 1 is 1.13 bits per heavy atom. The number of pyridine rings is 1. The lowest BCUT2D eigenvalue weighted by Gasteiger charge is -2.26. The number of aryl methyl sites for hydroxylation is 1. The molecule has 0 radical (unpaired) electrons. The fraction of sp³-hybridized carbons (Fsp3) is 0.410. The number of hydrogen-bond acceptors (Lipinski definition) is 8. The quantitative estimate of drug-likeness (QED) is 0.232. The highest BCUT2D eigenvalue weighted by molar-refractivity contribution is 6.36. The van der Waals surface area contributed by atoms with Crippen molar-refractivity contribution in [1.29, 1.82) is 0 Å². The van der Waals surface area contributed by atoms with E-state index in [0.29, 0.717) is 28.7 Å². The predicted molar refractivity (Wildman–Crippen MR) is 199 cm³/mol. The summed E-state index contributed by atoms with van der Waals surface area (Å²) in [6, 6.07) is 13.3. The van der Waals surface area contributed by atoms with Gasteiger partial charge in [-0.1, -0.05) is 41.9 Å². The van der Waals surface area contributed by atoms with E-state index in [4.69, 9.17) is 21.3 Å². The Labute approximate surface area is 306 Å². The molecule has 0 bridgehead atoms. The van der Waals surface area contributed by atoms with Gasteiger partial charge in [0.05, 0.1) is 36.0 Å². The van der Waals surface area contributed by atoms with Crippen molar-refractivity contribution in [3.8, 4) is 28.3 Å². The topological polar surface area (TPSA) is 148 Å². The molecule has 4 heterocycles. The van der Waals surface area contributed by atoms with Gasteiger partial charge in [0.15, 0.2) is 0 Å². The second-order valence-electron chi connectivity index (χ2n) is 14.4. The van der Waals surface area contributed by atoms with Gasteiger partial charge in [0.25, 0.3) is 11.5 Å². The molecule has 2 saturated heterocycles. The largest absolute Gasteiger partial charge is 0.481 e. The number of carbonyl (C=O) groups is 2. The highest BCUT2D eigenvalue weighted by atomic mass is 35.5. The molecule has 272 valence electrons. The number of anilines is 1. The van der Waals surface area contributed by atoms with Gasteiger partial charge in [-0.25, -0.2) is 9.78 Å². The Hall–Kier alpha value is -4.78. The number of rotatable bonds is 9. The number of carbonyl (C=O) groups excluding carboxylic acids is 2. The first kappa shape index (κ1) is 35.6. The van der Waals surface area contributed by atoms with E-state index in [1.807, 2.05) is 31.2 Å². The van der Waals surface area contributed by atoms with E-state index in [1.54, 1.807) is 19.2 Å². The van der Waals surface area contributed by atoms with Crippen LogP contribution in [0.5, 0.6) is 5.88 Å². The average Bonchev–Trinajstić information content (AvgIpc) is 3.83. The molecule has 1 aliphatic carbocycles. The summed E-state index contributed by atoms with van der Waals surface area (Å²) in [5.41, 5.74) is 4.87. The first-order chi connectivity index (χ1) is 24.9. The highest BCUT2D eigenvalue weighted by Crippen LogP contribution is 2.44.